The SMILES string of the molecule is CCCCC(CNC(=O)OC(C)(C)C)NCc1cc(Cl)ccc1O. The fraction of sp³-hybridized carbons (Fsp3) is 0.611. The number of carbonyl (C=O) groups excluding carboxylic acids is 1. The van der Waals surface area contributed by atoms with E-state index in [1.165, 1.54) is 0 Å². The van der Waals surface area contributed by atoms with E-state index in [1.807, 2.05) is 20.8 Å². The number of phenols is 1. The molecule has 0 saturated heterocycles. The van der Waals surface area contributed by atoms with E-state index in [0.717, 1.165) is 24.8 Å². The molecule has 0 fully saturated rings. The van der Waals surface area contributed by atoms with Gasteiger partial charge in [-0.2, -0.15) is 0 Å². The molecule has 0 radical (unpaired) electrons. The van der Waals surface area contributed by atoms with Crippen molar-refractivity contribution in [3.63, 3.8) is 0 Å². The van der Waals surface area contributed by atoms with E-state index in [0.29, 0.717) is 18.1 Å². The molecule has 0 heterocycles. The van der Waals surface area contributed by atoms with Crippen molar-refractivity contribution >= 4 is 17.7 Å². The van der Waals surface area contributed by atoms with Crippen LogP contribution in [0.15, 0.2) is 18.2 Å². The molecule has 0 spiro atoms. The highest BCUT2D eigenvalue weighted by Gasteiger charge is 2.17. The molecule has 24 heavy (non-hydrogen) atoms. The van der Waals surface area contributed by atoms with Gasteiger partial charge in [0.05, 0.1) is 0 Å². The summed E-state index contributed by atoms with van der Waals surface area (Å²) in [6.45, 7) is 8.58. The Balaban J connectivity index is 2.55. The summed E-state index contributed by atoms with van der Waals surface area (Å²) in [6, 6.07) is 5.07. The van der Waals surface area contributed by atoms with Gasteiger partial charge in [-0.3, -0.25) is 0 Å². The van der Waals surface area contributed by atoms with Crippen LogP contribution in [-0.4, -0.2) is 29.4 Å². The van der Waals surface area contributed by atoms with Crippen LogP contribution in [0.1, 0.15) is 52.5 Å². The Morgan fingerprint density at radius 3 is 2.71 bits per heavy atom. The van der Waals surface area contributed by atoms with Gasteiger partial charge in [-0.25, -0.2) is 4.79 Å². The number of hydrogen-bond donors (Lipinski definition) is 3. The summed E-state index contributed by atoms with van der Waals surface area (Å²) >= 11 is 5.97. The van der Waals surface area contributed by atoms with E-state index in [-0.39, 0.29) is 11.8 Å². The minimum Gasteiger partial charge on any atom is -0.508 e. The Morgan fingerprint density at radius 2 is 2.08 bits per heavy atom. The van der Waals surface area contributed by atoms with Crippen LogP contribution in [0, 0.1) is 0 Å². The van der Waals surface area contributed by atoms with E-state index in [9.17, 15) is 9.90 Å². The topological polar surface area (TPSA) is 70.6 Å². The van der Waals surface area contributed by atoms with Crippen LogP contribution >= 0.6 is 11.6 Å². The Bertz CT molecular complexity index is 529. The number of aromatic hydroxyl groups is 1. The van der Waals surface area contributed by atoms with Gasteiger partial charge in [0.25, 0.3) is 0 Å². The molecule has 3 N–H and O–H groups in total. The molecule has 0 saturated carbocycles. The maximum atomic E-state index is 11.8. The number of hydrogen-bond acceptors (Lipinski definition) is 4. The van der Waals surface area contributed by atoms with Gasteiger partial charge in [0.1, 0.15) is 11.4 Å². The first kappa shape index (κ1) is 20.6. The van der Waals surface area contributed by atoms with E-state index in [2.05, 4.69) is 17.6 Å². The van der Waals surface area contributed by atoms with Gasteiger partial charge in [-0.15, -0.1) is 0 Å². The number of ether oxygens (including phenoxy) is 1. The van der Waals surface area contributed by atoms with Gasteiger partial charge in [-0.1, -0.05) is 31.4 Å². The molecule has 0 aliphatic carbocycles. The maximum absolute atomic E-state index is 11.8. The van der Waals surface area contributed by atoms with E-state index < -0.39 is 11.7 Å². The molecule has 1 unspecified atom stereocenters. The second-order valence-corrected chi connectivity index (χ2v) is 7.31. The lowest BCUT2D eigenvalue weighted by atomic mass is 10.1. The molecule has 1 aromatic rings. The van der Waals surface area contributed by atoms with Crippen LogP contribution in [0.2, 0.25) is 5.02 Å². The van der Waals surface area contributed by atoms with Crippen molar-refractivity contribution in [3.8, 4) is 5.75 Å². The van der Waals surface area contributed by atoms with Gasteiger partial charge >= 0.3 is 6.09 Å². The van der Waals surface area contributed by atoms with Crippen LogP contribution in [0.3, 0.4) is 0 Å². The first-order valence-corrected chi connectivity index (χ1v) is 8.76. The number of amides is 1. The summed E-state index contributed by atoms with van der Waals surface area (Å²) in [5, 5.41) is 16.6. The molecular weight excluding hydrogens is 328 g/mol. The molecular formula is C18H29ClN2O3. The number of rotatable bonds is 8. The van der Waals surface area contributed by atoms with Gasteiger partial charge in [0, 0.05) is 29.7 Å². The number of phenolic OH excluding ortho intramolecular Hbond substituents is 1. The van der Waals surface area contributed by atoms with Gasteiger partial charge in [0.15, 0.2) is 0 Å². The van der Waals surface area contributed by atoms with Crippen LogP contribution in [-0.2, 0) is 11.3 Å². The highest BCUT2D eigenvalue weighted by Crippen LogP contribution is 2.21. The second-order valence-electron chi connectivity index (χ2n) is 6.88. The third kappa shape index (κ3) is 8.41. The minimum atomic E-state index is -0.511. The predicted octanol–water partition coefficient (Wildman–Crippen LogP) is 4.22. The van der Waals surface area contributed by atoms with Crippen LogP contribution in [0.25, 0.3) is 0 Å². The number of alkyl carbamates (subject to hydrolysis) is 1. The summed E-state index contributed by atoms with van der Waals surface area (Å²) < 4.78 is 5.25. The summed E-state index contributed by atoms with van der Waals surface area (Å²) in [5.74, 6) is 0.209. The van der Waals surface area contributed by atoms with E-state index in [1.54, 1.807) is 18.2 Å². The molecule has 1 aromatic carbocycles. The van der Waals surface area contributed by atoms with Crippen molar-refractivity contribution < 1.29 is 14.6 Å². The molecule has 0 aliphatic rings. The number of halogens is 1. The average Bonchev–Trinajstić information content (AvgIpc) is 2.48. The molecule has 0 aromatic heterocycles. The zero-order valence-corrected chi connectivity index (χ0v) is 15.7. The molecule has 0 aliphatic heterocycles. The molecule has 1 atom stereocenters. The molecule has 6 heteroatoms. The molecule has 5 nitrogen and oxygen atoms in total. The number of nitrogens with one attached hydrogen (secondary N) is 2. The number of benzene rings is 1. The first-order chi connectivity index (χ1) is 11.2. The van der Waals surface area contributed by atoms with Crippen LogP contribution in [0.5, 0.6) is 5.75 Å². The lowest BCUT2D eigenvalue weighted by Gasteiger charge is -2.23. The van der Waals surface area contributed by atoms with Crippen molar-refractivity contribution in [2.75, 3.05) is 6.54 Å². The minimum absolute atomic E-state index is 0.0934. The Labute approximate surface area is 149 Å². The quantitative estimate of drug-likeness (QED) is 0.652. The van der Waals surface area contributed by atoms with Crippen molar-refractivity contribution in [2.24, 2.45) is 0 Å². The number of unbranched alkanes of at least 4 members (excludes halogenated alkanes) is 1. The Kier molecular flexibility index (Phi) is 8.36. The van der Waals surface area contributed by atoms with Gasteiger partial charge in [-0.05, 0) is 45.4 Å². The summed E-state index contributed by atoms with van der Waals surface area (Å²) in [4.78, 5) is 11.8. The standard InChI is InChI=1S/C18H29ClN2O3/c1-5-6-7-15(12-21-17(23)24-18(2,3)4)20-11-13-10-14(19)8-9-16(13)22/h8-10,15,20,22H,5-7,11-12H2,1-4H3,(H,21,23). The molecule has 1 rings (SSSR count). The third-order valence-corrected chi connectivity index (χ3v) is 3.66. The zero-order valence-electron chi connectivity index (χ0n) is 15.0. The van der Waals surface area contributed by atoms with Crippen molar-refractivity contribution in [1.82, 2.24) is 10.6 Å². The summed E-state index contributed by atoms with van der Waals surface area (Å²) in [7, 11) is 0. The zero-order chi connectivity index (χ0) is 18.2. The van der Waals surface area contributed by atoms with Crippen molar-refractivity contribution in [2.45, 2.75) is 65.1 Å². The van der Waals surface area contributed by atoms with Gasteiger partial charge < -0.3 is 20.5 Å². The molecule has 136 valence electrons. The predicted molar refractivity (Wildman–Crippen MR) is 97.5 cm³/mol. The number of carbonyl (C=O) groups is 1. The lowest BCUT2D eigenvalue weighted by Crippen LogP contribution is -2.42. The summed E-state index contributed by atoms with van der Waals surface area (Å²) in [6.07, 6.45) is 2.63. The summed E-state index contributed by atoms with van der Waals surface area (Å²) in [5.41, 5.74) is 0.226. The smallest absolute Gasteiger partial charge is 0.407 e. The van der Waals surface area contributed by atoms with Crippen LogP contribution < -0.4 is 10.6 Å². The Morgan fingerprint density at radius 1 is 1.38 bits per heavy atom. The van der Waals surface area contributed by atoms with Crippen LogP contribution in [0.4, 0.5) is 4.79 Å². The average molecular weight is 357 g/mol. The van der Waals surface area contributed by atoms with Crippen molar-refractivity contribution in [1.29, 1.82) is 0 Å². The van der Waals surface area contributed by atoms with Crippen molar-refractivity contribution in [3.05, 3.63) is 28.8 Å². The first-order valence-electron chi connectivity index (χ1n) is 8.39. The largest absolute Gasteiger partial charge is 0.508 e. The molecule has 0 bridgehead atoms. The lowest BCUT2D eigenvalue weighted by molar-refractivity contribution is 0.0521. The van der Waals surface area contributed by atoms with E-state index >= 15 is 0 Å². The maximum Gasteiger partial charge on any atom is 0.407 e. The van der Waals surface area contributed by atoms with Gasteiger partial charge in [0.2, 0.25) is 0 Å². The second kappa shape index (κ2) is 9.74. The monoisotopic (exact) mass is 356 g/mol. The van der Waals surface area contributed by atoms with E-state index in [4.69, 9.17) is 16.3 Å². The normalized spacial score (nSPS) is 12.7. The fourth-order valence-corrected chi connectivity index (χ4v) is 2.39. The molecule has 1 amide bonds. The highest BCUT2D eigenvalue weighted by atomic mass is 35.5. The fourth-order valence-electron chi connectivity index (χ4n) is 2.20. The Hall–Kier alpha value is -1.46. The third-order valence-electron chi connectivity index (χ3n) is 3.42. The highest BCUT2D eigenvalue weighted by molar-refractivity contribution is 6.30.